The minimum absolute atomic E-state index is 0.904. The van der Waals surface area contributed by atoms with Gasteiger partial charge in [-0.25, -0.2) is 0 Å². The Bertz CT molecular complexity index is 2850. The summed E-state index contributed by atoms with van der Waals surface area (Å²) in [5.41, 5.74) is 1.97. The zero-order valence-electron chi connectivity index (χ0n) is 18.0. The monoisotopic (exact) mass is 512 g/mol. The molecule has 0 spiro atoms. The number of fused-ring (bicyclic) bond motifs is 4. The van der Waals surface area contributed by atoms with Gasteiger partial charge in [-0.05, 0) is 22.2 Å². The van der Waals surface area contributed by atoms with Crippen LogP contribution in [0.3, 0.4) is 0 Å². The standard InChI is InChI=1S/C30H8O3S3/c31-2-9-8-1-15-16-13(5-34-15)10-3-32-27-18(10)24-22(16)17(8)23-20-12(9)6-35-29(20)28-19-11(4-33-28)14-7-36-30(27)21(14)26(24)25(19)23/h1-7,31H/b9-2+. The maximum atomic E-state index is 10.6. The van der Waals surface area contributed by atoms with Crippen molar-refractivity contribution in [2.75, 3.05) is 0 Å². The van der Waals surface area contributed by atoms with E-state index in [4.69, 9.17) is 8.83 Å². The first kappa shape index (κ1) is 16.8. The predicted molar refractivity (Wildman–Crippen MR) is 155 cm³/mol. The topological polar surface area (TPSA) is 46.5 Å². The summed E-state index contributed by atoms with van der Waals surface area (Å²) in [7, 11) is 0. The third-order valence-corrected chi connectivity index (χ3v) is 11.9. The zero-order valence-corrected chi connectivity index (χ0v) is 20.5. The molecule has 0 aliphatic rings. The molecule has 0 atom stereocenters. The van der Waals surface area contributed by atoms with Crippen molar-refractivity contribution in [2.45, 2.75) is 0 Å². The molecule has 0 unspecified atom stereocenters. The van der Waals surface area contributed by atoms with Gasteiger partial charge in [0, 0.05) is 101 Å². The van der Waals surface area contributed by atoms with Crippen LogP contribution in [0.2, 0.25) is 0 Å². The molecule has 0 saturated carbocycles. The summed E-state index contributed by atoms with van der Waals surface area (Å²) in [6.45, 7) is 0. The van der Waals surface area contributed by atoms with Crippen molar-refractivity contribution in [3.05, 3.63) is 40.0 Å². The molecule has 5 heterocycles. The van der Waals surface area contributed by atoms with E-state index in [0.717, 1.165) is 27.2 Å². The highest BCUT2D eigenvalue weighted by Crippen LogP contribution is 2.60. The van der Waals surface area contributed by atoms with E-state index in [0.29, 0.717) is 0 Å². The van der Waals surface area contributed by atoms with E-state index >= 15 is 0 Å². The summed E-state index contributed by atoms with van der Waals surface area (Å²) in [5.74, 6) is 0. The van der Waals surface area contributed by atoms with Crippen LogP contribution in [-0.4, -0.2) is 5.11 Å². The van der Waals surface area contributed by atoms with E-state index in [2.05, 4.69) is 22.2 Å². The molecule has 0 aliphatic carbocycles. The molecule has 0 saturated heterocycles. The number of thiophene rings is 3. The Kier molecular flexibility index (Phi) is 2.22. The molecule has 0 amide bonds. The van der Waals surface area contributed by atoms with Crippen molar-refractivity contribution in [3.63, 3.8) is 0 Å². The molecular formula is C30H8O3S3. The Morgan fingerprint density at radius 1 is 0.528 bits per heavy atom. The van der Waals surface area contributed by atoms with Gasteiger partial charge in [0.2, 0.25) is 0 Å². The van der Waals surface area contributed by atoms with Gasteiger partial charge in [-0.3, -0.25) is 0 Å². The molecule has 6 heteroatoms. The van der Waals surface area contributed by atoms with Gasteiger partial charge < -0.3 is 13.9 Å². The summed E-state index contributed by atoms with van der Waals surface area (Å²) >= 11 is 5.29. The Balaban J connectivity index is 1.72. The highest BCUT2D eigenvalue weighted by atomic mass is 32.1. The first-order chi connectivity index (χ1) is 17.8. The molecule has 36 heavy (non-hydrogen) atoms. The molecule has 0 fully saturated rings. The van der Waals surface area contributed by atoms with Gasteiger partial charge in [0.25, 0.3) is 0 Å². The normalized spacial score (nSPS) is 14.9. The van der Waals surface area contributed by atoms with E-state index in [1.807, 2.05) is 12.5 Å². The summed E-state index contributed by atoms with van der Waals surface area (Å²) < 4.78 is 16.4. The summed E-state index contributed by atoms with van der Waals surface area (Å²) in [6.07, 6.45) is 5.23. The lowest BCUT2D eigenvalue weighted by atomic mass is 9.79. The van der Waals surface area contributed by atoms with Crippen LogP contribution < -0.4 is 5.22 Å². The van der Waals surface area contributed by atoms with Crippen molar-refractivity contribution in [1.29, 1.82) is 0 Å². The zero-order chi connectivity index (χ0) is 22.8. The second-order valence-electron chi connectivity index (χ2n) is 10.2. The van der Waals surface area contributed by atoms with Crippen LogP contribution in [0.25, 0.3) is 123 Å². The lowest BCUT2D eigenvalue weighted by Gasteiger charge is -2.21. The summed E-state index contributed by atoms with van der Waals surface area (Å²) in [6, 6.07) is 2.30. The van der Waals surface area contributed by atoms with Crippen LogP contribution in [0.4, 0.5) is 0 Å². The quantitative estimate of drug-likeness (QED) is 0.162. The van der Waals surface area contributed by atoms with E-state index < -0.39 is 0 Å². The van der Waals surface area contributed by atoms with Gasteiger partial charge in [0.05, 0.1) is 28.2 Å². The van der Waals surface area contributed by atoms with E-state index in [1.165, 1.54) is 101 Å². The van der Waals surface area contributed by atoms with Crippen molar-refractivity contribution >= 4 is 157 Å². The minimum Gasteiger partial charge on any atom is -0.515 e. The Labute approximate surface area is 210 Å². The molecule has 164 valence electrons. The number of rotatable bonds is 0. The molecule has 0 aliphatic heterocycles. The van der Waals surface area contributed by atoms with E-state index in [9.17, 15) is 5.11 Å². The fraction of sp³-hybridized carbons (Fsp3) is 0. The van der Waals surface area contributed by atoms with Crippen LogP contribution in [0.15, 0.2) is 43.6 Å². The van der Waals surface area contributed by atoms with Crippen LogP contribution in [0, 0.1) is 0 Å². The van der Waals surface area contributed by atoms with Gasteiger partial charge in [-0.2, -0.15) is 0 Å². The largest absolute Gasteiger partial charge is 0.515 e. The van der Waals surface area contributed by atoms with E-state index in [-0.39, 0.29) is 0 Å². The van der Waals surface area contributed by atoms with E-state index in [1.54, 1.807) is 34.0 Å². The second kappa shape index (κ2) is 4.76. The molecular weight excluding hydrogens is 505 g/mol. The second-order valence-corrected chi connectivity index (χ2v) is 12.8. The van der Waals surface area contributed by atoms with Crippen LogP contribution in [0.1, 0.15) is 0 Å². The average molecular weight is 513 g/mol. The summed E-state index contributed by atoms with van der Waals surface area (Å²) in [5, 5.41) is 39.6. The molecule has 7 aromatic carbocycles. The molecule has 0 bridgehead atoms. The molecule has 5 aromatic heterocycles. The molecule has 1 N–H and O–H groups in total. The van der Waals surface area contributed by atoms with Crippen molar-refractivity contribution in [1.82, 2.24) is 0 Å². The highest BCUT2D eigenvalue weighted by Gasteiger charge is 2.33. The molecule has 0 radical (unpaired) electrons. The van der Waals surface area contributed by atoms with Crippen LogP contribution in [0.5, 0.6) is 0 Å². The smallest absolute Gasteiger partial charge is 0.152 e. The third kappa shape index (κ3) is 1.32. The molecule has 3 nitrogen and oxygen atoms in total. The number of hydrogen-bond acceptors (Lipinski definition) is 6. The fourth-order valence-electron chi connectivity index (χ4n) is 7.79. The van der Waals surface area contributed by atoms with Crippen LogP contribution in [-0.2, 0) is 0 Å². The van der Waals surface area contributed by atoms with Gasteiger partial charge in [-0.1, -0.05) is 0 Å². The number of benzene rings is 7. The number of aliphatic hydroxyl groups excluding tert-OH is 1. The van der Waals surface area contributed by atoms with Gasteiger partial charge in [-0.15, -0.1) is 34.0 Å². The first-order valence-electron chi connectivity index (χ1n) is 11.8. The maximum absolute atomic E-state index is 10.6. The van der Waals surface area contributed by atoms with Gasteiger partial charge in [0.15, 0.2) is 11.2 Å². The Hall–Kier alpha value is -3.84. The maximum Gasteiger partial charge on any atom is 0.152 e. The Morgan fingerprint density at radius 2 is 1.08 bits per heavy atom. The van der Waals surface area contributed by atoms with Crippen molar-refractivity contribution in [2.24, 2.45) is 0 Å². The van der Waals surface area contributed by atoms with Gasteiger partial charge >= 0.3 is 0 Å². The van der Waals surface area contributed by atoms with Gasteiger partial charge in [0.1, 0.15) is 0 Å². The third-order valence-electron chi connectivity index (χ3n) is 8.98. The lowest BCUT2D eigenvalue weighted by Crippen LogP contribution is -2.06. The number of furan rings is 2. The van der Waals surface area contributed by atoms with Crippen molar-refractivity contribution < 1.29 is 13.9 Å². The number of hydrogen-bond donors (Lipinski definition) is 1. The average Bonchev–Trinajstić information content (AvgIpc) is 3.70. The Morgan fingerprint density at radius 3 is 1.81 bits per heavy atom. The molecule has 12 aromatic rings. The highest BCUT2D eigenvalue weighted by molar-refractivity contribution is 7.20. The lowest BCUT2D eigenvalue weighted by molar-refractivity contribution is 0.541. The fourth-order valence-corrected chi connectivity index (χ4v) is 10.9. The SMILES string of the molecule is O/C=c1/c2csc3c4occ5c6csc7c8occ9c%10csc%11cc1c1c(c%11%10)c(c98)c(c67)c(c54)c1c23. The minimum atomic E-state index is 0.904. The van der Waals surface area contributed by atoms with Crippen LogP contribution >= 0.6 is 34.0 Å². The van der Waals surface area contributed by atoms with Crippen molar-refractivity contribution in [3.8, 4) is 0 Å². The predicted octanol–water partition coefficient (Wildman–Crippen LogP) is 9.95. The number of aliphatic hydroxyl groups is 1. The first-order valence-corrected chi connectivity index (χ1v) is 14.4. The molecule has 12 rings (SSSR count). The summed E-state index contributed by atoms with van der Waals surface area (Å²) in [4.78, 5) is 0.